The Morgan fingerprint density at radius 2 is 1.57 bits per heavy atom. The van der Waals surface area contributed by atoms with E-state index in [1.54, 1.807) is 74.5 Å². The van der Waals surface area contributed by atoms with Crippen LogP contribution < -0.4 is 9.62 Å². The van der Waals surface area contributed by atoms with Crippen molar-refractivity contribution < 1.29 is 18.0 Å². The number of para-hydroxylation sites is 1. The van der Waals surface area contributed by atoms with E-state index in [9.17, 15) is 18.0 Å². The van der Waals surface area contributed by atoms with Crippen LogP contribution in [0.4, 0.5) is 5.69 Å². The van der Waals surface area contributed by atoms with Crippen LogP contribution in [0, 0.1) is 13.8 Å². The summed E-state index contributed by atoms with van der Waals surface area (Å²) >= 11 is 6.44. The van der Waals surface area contributed by atoms with Gasteiger partial charge in [-0.25, -0.2) is 8.42 Å². The van der Waals surface area contributed by atoms with Gasteiger partial charge >= 0.3 is 0 Å². The highest BCUT2D eigenvalue weighted by molar-refractivity contribution is 7.92. The summed E-state index contributed by atoms with van der Waals surface area (Å²) in [4.78, 5) is 28.9. The second-order valence-corrected chi connectivity index (χ2v) is 12.7. The number of benzene rings is 3. The highest BCUT2D eigenvalue weighted by atomic mass is 35.5. The number of halogens is 1. The van der Waals surface area contributed by atoms with E-state index in [1.165, 1.54) is 4.90 Å². The van der Waals surface area contributed by atoms with Crippen LogP contribution >= 0.6 is 11.6 Å². The number of hydrogen-bond acceptors (Lipinski definition) is 4. The average molecular weight is 582 g/mol. The predicted molar refractivity (Wildman–Crippen MR) is 159 cm³/mol. The Kier molecular flexibility index (Phi) is 9.53. The first-order valence-electron chi connectivity index (χ1n) is 13.6. The Morgan fingerprint density at radius 1 is 0.950 bits per heavy atom. The number of amides is 2. The maximum atomic E-state index is 14.1. The van der Waals surface area contributed by atoms with E-state index in [1.807, 2.05) is 19.1 Å². The standard InChI is InChI=1S/C31H36ClN3O4S/c1-22-16-18-27(19-17-22)40(38,39)35(29-15-9-4-10-23(29)2)21-30(36)34(20-25-11-5-8-14-28(25)32)24(3)31(37)33-26-12-6-7-13-26/h4-5,8-11,14-19,24,26H,6-7,12-13,20-21H2,1-3H3,(H,33,37)/t24-/m0/s1. The van der Waals surface area contributed by atoms with Crippen molar-refractivity contribution in [3.05, 3.63) is 94.5 Å². The van der Waals surface area contributed by atoms with E-state index in [4.69, 9.17) is 11.6 Å². The molecule has 40 heavy (non-hydrogen) atoms. The predicted octanol–water partition coefficient (Wildman–Crippen LogP) is 5.63. The largest absolute Gasteiger partial charge is 0.352 e. The molecule has 0 aliphatic heterocycles. The zero-order valence-electron chi connectivity index (χ0n) is 23.1. The number of sulfonamides is 1. The molecular weight excluding hydrogens is 546 g/mol. The number of nitrogens with one attached hydrogen (secondary N) is 1. The summed E-state index contributed by atoms with van der Waals surface area (Å²) in [6.45, 7) is 4.93. The van der Waals surface area contributed by atoms with Crippen LogP contribution in [0.3, 0.4) is 0 Å². The molecule has 1 fully saturated rings. The minimum atomic E-state index is -4.11. The first-order valence-corrected chi connectivity index (χ1v) is 15.4. The topological polar surface area (TPSA) is 86.8 Å². The maximum Gasteiger partial charge on any atom is 0.264 e. The van der Waals surface area contributed by atoms with Gasteiger partial charge in [0.1, 0.15) is 12.6 Å². The molecule has 0 radical (unpaired) electrons. The Hall–Kier alpha value is -3.36. The number of hydrogen-bond donors (Lipinski definition) is 1. The summed E-state index contributed by atoms with van der Waals surface area (Å²) in [7, 11) is -4.11. The van der Waals surface area contributed by atoms with Crippen LogP contribution in [-0.2, 0) is 26.2 Å². The van der Waals surface area contributed by atoms with Gasteiger partial charge in [0.05, 0.1) is 10.6 Å². The van der Waals surface area contributed by atoms with Gasteiger partial charge in [-0.2, -0.15) is 0 Å². The van der Waals surface area contributed by atoms with Crippen LogP contribution in [0.1, 0.15) is 49.3 Å². The van der Waals surface area contributed by atoms with Gasteiger partial charge in [-0.3, -0.25) is 13.9 Å². The molecule has 3 aromatic rings. The zero-order valence-corrected chi connectivity index (χ0v) is 24.7. The number of anilines is 1. The molecule has 3 aromatic carbocycles. The minimum Gasteiger partial charge on any atom is -0.352 e. The smallest absolute Gasteiger partial charge is 0.264 e. The van der Waals surface area contributed by atoms with Crippen LogP contribution in [0.15, 0.2) is 77.7 Å². The molecule has 0 unspecified atom stereocenters. The summed E-state index contributed by atoms with van der Waals surface area (Å²) in [5.74, 6) is -0.774. The fraction of sp³-hybridized carbons (Fsp3) is 0.355. The van der Waals surface area contributed by atoms with Gasteiger partial charge in [0.15, 0.2) is 0 Å². The van der Waals surface area contributed by atoms with Crippen molar-refractivity contribution in [2.45, 2.75) is 70.0 Å². The number of aryl methyl sites for hydroxylation is 2. The van der Waals surface area contributed by atoms with Crippen LogP contribution in [0.25, 0.3) is 0 Å². The molecule has 0 saturated heterocycles. The molecule has 1 saturated carbocycles. The molecule has 2 amide bonds. The molecule has 9 heteroatoms. The van der Waals surface area contributed by atoms with Gasteiger partial charge in [-0.15, -0.1) is 0 Å². The van der Waals surface area contributed by atoms with Crippen molar-refractivity contribution in [3.8, 4) is 0 Å². The third-order valence-corrected chi connectivity index (χ3v) is 9.58. The SMILES string of the molecule is Cc1ccc(S(=O)(=O)N(CC(=O)N(Cc2ccccc2Cl)[C@@H](C)C(=O)NC2CCCC2)c2ccccc2C)cc1. The highest BCUT2D eigenvalue weighted by Gasteiger charge is 2.34. The molecule has 1 aliphatic carbocycles. The lowest BCUT2D eigenvalue weighted by Crippen LogP contribution is -2.52. The van der Waals surface area contributed by atoms with Crippen molar-refractivity contribution in [1.29, 1.82) is 0 Å². The first kappa shape index (κ1) is 29.6. The fourth-order valence-corrected chi connectivity index (χ4v) is 6.65. The second kappa shape index (κ2) is 12.9. The molecule has 212 valence electrons. The van der Waals surface area contributed by atoms with Crippen molar-refractivity contribution >= 4 is 39.1 Å². The Labute approximate surface area is 242 Å². The number of carbonyl (C=O) groups excluding carboxylic acids is 2. The molecule has 1 aliphatic rings. The van der Waals surface area contributed by atoms with Crippen molar-refractivity contribution in [2.75, 3.05) is 10.8 Å². The third-order valence-electron chi connectivity index (χ3n) is 7.44. The molecule has 0 bridgehead atoms. The Balaban J connectivity index is 1.70. The molecule has 0 aromatic heterocycles. The van der Waals surface area contributed by atoms with Crippen molar-refractivity contribution in [3.63, 3.8) is 0 Å². The van der Waals surface area contributed by atoms with Gasteiger partial charge in [0, 0.05) is 17.6 Å². The molecule has 1 N–H and O–H groups in total. The third kappa shape index (κ3) is 6.85. The van der Waals surface area contributed by atoms with E-state index in [-0.39, 0.29) is 23.4 Å². The van der Waals surface area contributed by atoms with Gasteiger partial charge in [-0.1, -0.05) is 78.5 Å². The average Bonchev–Trinajstić information content (AvgIpc) is 3.44. The van der Waals surface area contributed by atoms with Crippen LogP contribution in [-0.4, -0.2) is 43.8 Å². The quantitative estimate of drug-likeness (QED) is 0.336. The fourth-order valence-electron chi connectivity index (χ4n) is 4.98. The normalized spacial score (nSPS) is 14.5. The highest BCUT2D eigenvalue weighted by Crippen LogP contribution is 2.28. The zero-order chi connectivity index (χ0) is 28.9. The van der Waals surface area contributed by atoms with Crippen LogP contribution in [0.5, 0.6) is 0 Å². The lowest BCUT2D eigenvalue weighted by molar-refractivity contribution is -0.139. The molecule has 1 atom stereocenters. The summed E-state index contributed by atoms with van der Waals surface area (Å²) in [6, 6.07) is 19.9. The van der Waals surface area contributed by atoms with Gasteiger partial charge in [-0.05, 0) is 69.0 Å². The van der Waals surface area contributed by atoms with E-state index in [0.717, 1.165) is 35.6 Å². The Morgan fingerprint density at radius 3 is 2.23 bits per heavy atom. The Bertz CT molecular complexity index is 1450. The van der Waals surface area contributed by atoms with Crippen LogP contribution in [0.2, 0.25) is 5.02 Å². The molecule has 4 rings (SSSR count). The summed E-state index contributed by atoms with van der Waals surface area (Å²) in [6.07, 6.45) is 3.94. The monoisotopic (exact) mass is 581 g/mol. The number of nitrogens with zero attached hydrogens (tertiary/aromatic N) is 2. The van der Waals surface area contributed by atoms with Gasteiger partial charge in [0.2, 0.25) is 11.8 Å². The van der Waals surface area contributed by atoms with Gasteiger partial charge < -0.3 is 10.2 Å². The molecule has 0 spiro atoms. The molecule has 7 nitrogen and oxygen atoms in total. The van der Waals surface area contributed by atoms with E-state index >= 15 is 0 Å². The lowest BCUT2D eigenvalue weighted by atomic mass is 10.1. The van der Waals surface area contributed by atoms with Crippen molar-refractivity contribution in [2.24, 2.45) is 0 Å². The second-order valence-electron chi connectivity index (χ2n) is 10.4. The van der Waals surface area contributed by atoms with E-state index in [2.05, 4.69) is 5.32 Å². The summed E-state index contributed by atoms with van der Waals surface area (Å²) < 4.78 is 29.0. The summed E-state index contributed by atoms with van der Waals surface area (Å²) in [5, 5.41) is 3.54. The first-order chi connectivity index (χ1) is 19.1. The van der Waals surface area contributed by atoms with E-state index in [0.29, 0.717) is 21.8 Å². The molecule has 0 heterocycles. The summed E-state index contributed by atoms with van der Waals surface area (Å²) in [5.41, 5.74) is 2.69. The number of rotatable bonds is 10. The minimum absolute atomic E-state index is 0.0595. The molecular formula is C31H36ClN3O4S. The number of carbonyl (C=O) groups is 2. The van der Waals surface area contributed by atoms with Crippen molar-refractivity contribution in [1.82, 2.24) is 10.2 Å². The van der Waals surface area contributed by atoms with Gasteiger partial charge in [0.25, 0.3) is 10.0 Å². The van der Waals surface area contributed by atoms with E-state index < -0.39 is 28.5 Å². The lowest BCUT2D eigenvalue weighted by Gasteiger charge is -2.33. The maximum absolute atomic E-state index is 14.1.